The van der Waals surface area contributed by atoms with Crippen LogP contribution >= 0.6 is 11.6 Å². The van der Waals surface area contributed by atoms with E-state index in [0.29, 0.717) is 22.9 Å². The van der Waals surface area contributed by atoms with Crippen LogP contribution in [0.5, 0.6) is 5.75 Å². The predicted octanol–water partition coefficient (Wildman–Crippen LogP) is 6.49. The first-order valence-corrected chi connectivity index (χ1v) is 10.2. The molecule has 0 fully saturated rings. The summed E-state index contributed by atoms with van der Waals surface area (Å²) >= 11 is 6.26. The standard InChI is InChI=1S/C26H19ClN2O2/c27-25-12-6-4-10-22(25)17-30-26-14-13-19-7-3-5-11-23(19)24(26)16-29-31-18-21-9-2-1-8-20(21)15-28/h1-14,16H,17-18H2/b29-16-. The third-order valence-corrected chi connectivity index (χ3v) is 5.25. The maximum atomic E-state index is 9.21. The molecule has 152 valence electrons. The quantitative estimate of drug-likeness (QED) is 0.250. The van der Waals surface area contributed by atoms with Crippen LogP contribution in [-0.4, -0.2) is 6.21 Å². The highest BCUT2D eigenvalue weighted by Crippen LogP contribution is 2.28. The van der Waals surface area contributed by atoms with Crippen LogP contribution in [0.4, 0.5) is 0 Å². The Balaban J connectivity index is 1.57. The molecule has 0 heterocycles. The van der Waals surface area contributed by atoms with Gasteiger partial charge in [-0.1, -0.05) is 83.5 Å². The summed E-state index contributed by atoms with van der Waals surface area (Å²) in [7, 11) is 0. The number of halogens is 1. The molecule has 0 saturated heterocycles. The smallest absolute Gasteiger partial charge is 0.143 e. The van der Waals surface area contributed by atoms with Crippen LogP contribution in [-0.2, 0) is 18.1 Å². The van der Waals surface area contributed by atoms with Crippen LogP contribution in [0, 0.1) is 11.3 Å². The maximum absolute atomic E-state index is 9.21. The van der Waals surface area contributed by atoms with Gasteiger partial charge in [0.1, 0.15) is 19.0 Å². The van der Waals surface area contributed by atoms with Gasteiger partial charge in [0.25, 0.3) is 0 Å². The minimum absolute atomic E-state index is 0.209. The fourth-order valence-electron chi connectivity index (χ4n) is 3.26. The summed E-state index contributed by atoms with van der Waals surface area (Å²) in [6.45, 7) is 0.552. The molecule has 0 bridgehead atoms. The zero-order valence-electron chi connectivity index (χ0n) is 16.7. The monoisotopic (exact) mass is 426 g/mol. The van der Waals surface area contributed by atoms with Crippen molar-refractivity contribution in [2.24, 2.45) is 5.16 Å². The molecule has 5 heteroatoms. The van der Waals surface area contributed by atoms with E-state index < -0.39 is 0 Å². The molecular formula is C26H19ClN2O2. The third kappa shape index (κ3) is 4.85. The molecule has 0 aromatic heterocycles. The lowest BCUT2D eigenvalue weighted by atomic mass is 10.0. The fourth-order valence-corrected chi connectivity index (χ4v) is 3.45. The third-order valence-electron chi connectivity index (χ3n) is 4.89. The second kappa shape index (κ2) is 9.80. The van der Waals surface area contributed by atoms with E-state index in [1.807, 2.05) is 78.9 Å². The first-order chi connectivity index (χ1) is 15.3. The molecule has 0 amide bonds. The summed E-state index contributed by atoms with van der Waals surface area (Å²) in [6, 6.07) is 29.0. The average Bonchev–Trinajstić information content (AvgIpc) is 2.82. The van der Waals surface area contributed by atoms with Crippen molar-refractivity contribution in [1.82, 2.24) is 0 Å². The highest BCUT2D eigenvalue weighted by Gasteiger charge is 2.09. The van der Waals surface area contributed by atoms with Crippen molar-refractivity contribution in [3.05, 3.63) is 112 Å². The SMILES string of the molecule is N#Cc1ccccc1CO/N=C\c1c(OCc2ccccc2Cl)ccc2ccccc12. The van der Waals surface area contributed by atoms with Crippen LogP contribution in [0.15, 0.2) is 90.1 Å². The number of benzene rings is 4. The molecule has 4 aromatic rings. The maximum Gasteiger partial charge on any atom is 0.143 e. The lowest BCUT2D eigenvalue weighted by Crippen LogP contribution is -2.00. The average molecular weight is 427 g/mol. The number of hydrogen-bond acceptors (Lipinski definition) is 4. The molecule has 4 nitrogen and oxygen atoms in total. The van der Waals surface area contributed by atoms with Crippen LogP contribution < -0.4 is 4.74 Å². The van der Waals surface area contributed by atoms with E-state index in [2.05, 4.69) is 11.2 Å². The van der Waals surface area contributed by atoms with Gasteiger partial charge < -0.3 is 9.57 Å². The summed E-state index contributed by atoms with van der Waals surface area (Å²) in [6.07, 6.45) is 1.65. The van der Waals surface area contributed by atoms with Gasteiger partial charge in [-0.3, -0.25) is 0 Å². The van der Waals surface area contributed by atoms with E-state index in [9.17, 15) is 5.26 Å². The van der Waals surface area contributed by atoms with Gasteiger partial charge in [0.05, 0.1) is 17.8 Å². The van der Waals surface area contributed by atoms with Gasteiger partial charge >= 0.3 is 0 Å². The van der Waals surface area contributed by atoms with E-state index in [-0.39, 0.29) is 6.61 Å². The van der Waals surface area contributed by atoms with Crippen LogP contribution in [0.2, 0.25) is 5.02 Å². The summed E-state index contributed by atoms with van der Waals surface area (Å²) in [5, 5.41) is 16.1. The van der Waals surface area contributed by atoms with Gasteiger partial charge in [-0.15, -0.1) is 0 Å². The topological polar surface area (TPSA) is 54.6 Å². The molecular weight excluding hydrogens is 408 g/mol. The molecule has 0 atom stereocenters. The molecule has 0 aliphatic rings. The van der Waals surface area contributed by atoms with Crippen molar-refractivity contribution in [2.45, 2.75) is 13.2 Å². The van der Waals surface area contributed by atoms with E-state index in [0.717, 1.165) is 27.5 Å². The number of hydrogen-bond donors (Lipinski definition) is 0. The van der Waals surface area contributed by atoms with Gasteiger partial charge in [-0.05, 0) is 29.0 Å². The predicted molar refractivity (Wildman–Crippen MR) is 123 cm³/mol. The van der Waals surface area contributed by atoms with Gasteiger partial charge in [0.15, 0.2) is 0 Å². The number of ether oxygens (including phenoxy) is 1. The molecule has 4 aromatic carbocycles. The fraction of sp³-hybridized carbons (Fsp3) is 0.0769. The van der Waals surface area contributed by atoms with E-state index in [4.69, 9.17) is 21.2 Å². The molecule has 31 heavy (non-hydrogen) atoms. The molecule has 0 N–H and O–H groups in total. The Kier molecular flexibility index (Phi) is 6.47. The lowest BCUT2D eigenvalue weighted by molar-refractivity contribution is 0.132. The highest BCUT2D eigenvalue weighted by molar-refractivity contribution is 6.31. The van der Waals surface area contributed by atoms with Crippen molar-refractivity contribution in [3.8, 4) is 11.8 Å². The van der Waals surface area contributed by atoms with Crippen molar-refractivity contribution >= 4 is 28.6 Å². The Morgan fingerprint density at radius 3 is 2.42 bits per heavy atom. The first-order valence-electron chi connectivity index (χ1n) is 9.77. The van der Waals surface area contributed by atoms with Crippen molar-refractivity contribution in [1.29, 1.82) is 5.26 Å². The van der Waals surface area contributed by atoms with E-state index in [1.54, 1.807) is 12.3 Å². The molecule has 0 spiro atoms. The Hall–Kier alpha value is -3.81. The lowest BCUT2D eigenvalue weighted by Gasteiger charge is -2.12. The Bertz CT molecular complexity index is 1280. The zero-order chi connectivity index (χ0) is 21.5. The van der Waals surface area contributed by atoms with Gasteiger partial charge in [-0.2, -0.15) is 5.26 Å². The second-order valence-electron chi connectivity index (χ2n) is 6.86. The Labute approximate surface area is 185 Å². The molecule has 0 unspecified atom stereocenters. The van der Waals surface area contributed by atoms with Crippen LogP contribution in [0.1, 0.15) is 22.3 Å². The highest BCUT2D eigenvalue weighted by atomic mass is 35.5. The summed E-state index contributed by atoms with van der Waals surface area (Å²) in [4.78, 5) is 5.49. The first kappa shape index (κ1) is 20.5. The number of rotatable bonds is 7. The molecule has 0 aliphatic carbocycles. The number of fused-ring (bicyclic) bond motifs is 1. The second-order valence-corrected chi connectivity index (χ2v) is 7.26. The normalized spacial score (nSPS) is 10.8. The summed E-state index contributed by atoms with van der Waals surface area (Å²) in [5.41, 5.74) is 3.09. The number of oxime groups is 1. The molecule has 0 aliphatic heterocycles. The number of nitriles is 1. The molecule has 0 radical (unpaired) electrons. The van der Waals surface area contributed by atoms with E-state index >= 15 is 0 Å². The van der Waals surface area contributed by atoms with Crippen LogP contribution in [0.25, 0.3) is 10.8 Å². The Morgan fingerprint density at radius 1 is 0.839 bits per heavy atom. The summed E-state index contributed by atoms with van der Waals surface area (Å²) < 4.78 is 6.09. The van der Waals surface area contributed by atoms with Crippen molar-refractivity contribution in [3.63, 3.8) is 0 Å². The largest absolute Gasteiger partial charge is 0.488 e. The van der Waals surface area contributed by atoms with Crippen molar-refractivity contribution < 1.29 is 9.57 Å². The van der Waals surface area contributed by atoms with E-state index in [1.165, 1.54) is 0 Å². The van der Waals surface area contributed by atoms with Gasteiger partial charge in [0, 0.05) is 21.7 Å². The Morgan fingerprint density at radius 2 is 1.58 bits per heavy atom. The molecule has 4 rings (SSSR count). The van der Waals surface area contributed by atoms with Gasteiger partial charge in [0.2, 0.25) is 0 Å². The molecule has 0 saturated carbocycles. The van der Waals surface area contributed by atoms with Gasteiger partial charge in [-0.25, -0.2) is 0 Å². The minimum atomic E-state index is 0.209. The zero-order valence-corrected chi connectivity index (χ0v) is 17.4. The minimum Gasteiger partial charge on any atom is -0.488 e. The van der Waals surface area contributed by atoms with Crippen LogP contribution in [0.3, 0.4) is 0 Å². The van der Waals surface area contributed by atoms with Crippen molar-refractivity contribution in [2.75, 3.05) is 0 Å². The number of nitrogens with zero attached hydrogens (tertiary/aromatic N) is 2. The summed E-state index contributed by atoms with van der Waals surface area (Å²) in [5.74, 6) is 0.684.